The zero-order valence-corrected chi connectivity index (χ0v) is 14.5. The Kier molecular flexibility index (Phi) is 5.39. The second-order valence-electron chi connectivity index (χ2n) is 4.97. The van der Waals surface area contributed by atoms with Crippen LogP contribution in [0.1, 0.15) is 5.56 Å². The average molecular weight is 370 g/mol. The van der Waals surface area contributed by atoms with Crippen molar-refractivity contribution in [2.45, 2.75) is 0 Å². The van der Waals surface area contributed by atoms with E-state index in [0.29, 0.717) is 26.5 Å². The number of nitrogens with one attached hydrogen (secondary N) is 1. The van der Waals surface area contributed by atoms with Gasteiger partial charge in [-0.3, -0.25) is 4.79 Å². The van der Waals surface area contributed by atoms with E-state index in [0.717, 1.165) is 5.56 Å². The van der Waals surface area contributed by atoms with E-state index in [9.17, 15) is 4.79 Å². The Bertz CT molecular complexity index is 884. The van der Waals surface area contributed by atoms with Crippen molar-refractivity contribution in [2.24, 2.45) is 4.99 Å². The molecule has 0 aliphatic carbocycles. The first-order valence-corrected chi connectivity index (χ1v) is 8.48. The molecule has 1 amide bonds. The van der Waals surface area contributed by atoms with Crippen molar-refractivity contribution < 1.29 is 9.53 Å². The number of carbonyl (C=O) groups is 1. The molecule has 1 aliphatic rings. The quantitative estimate of drug-likeness (QED) is 0.822. The Balaban J connectivity index is 1.72. The first kappa shape index (κ1) is 17.1. The fourth-order valence-corrected chi connectivity index (χ4v) is 3.01. The third kappa shape index (κ3) is 4.63. The molecular weight excluding hydrogens is 358 g/mol. The van der Waals surface area contributed by atoms with Gasteiger partial charge in [0, 0.05) is 5.02 Å². The molecule has 2 aromatic carbocycles. The molecule has 1 heterocycles. The van der Waals surface area contributed by atoms with E-state index in [-0.39, 0.29) is 12.5 Å². The maximum atomic E-state index is 12.1. The monoisotopic (exact) mass is 369 g/mol. The number of rotatable bonds is 4. The van der Waals surface area contributed by atoms with Crippen molar-refractivity contribution in [2.75, 3.05) is 6.61 Å². The minimum Gasteiger partial charge on any atom is -0.479 e. The van der Waals surface area contributed by atoms with E-state index >= 15 is 0 Å². The molecule has 2 aromatic rings. The lowest BCUT2D eigenvalue weighted by molar-refractivity contribution is -0.115. The Morgan fingerprint density at radius 2 is 1.92 bits per heavy atom. The number of nitrogens with zero attached hydrogens (tertiary/aromatic N) is 2. The number of aliphatic imine (C=N–C) groups is 1. The molecule has 5 nitrogen and oxygen atoms in total. The van der Waals surface area contributed by atoms with Crippen LogP contribution in [0.15, 0.2) is 58.4 Å². The van der Waals surface area contributed by atoms with Crippen LogP contribution in [0.4, 0.5) is 5.69 Å². The summed E-state index contributed by atoms with van der Waals surface area (Å²) in [5.41, 5.74) is 1.57. The number of halogens is 1. The highest BCUT2D eigenvalue weighted by Gasteiger charge is 2.23. The molecule has 7 heteroatoms. The number of hydrogen-bond donors (Lipinski definition) is 1. The maximum absolute atomic E-state index is 12.1. The number of amidine groups is 1. The number of hydrogen-bond acceptors (Lipinski definition) is 5. The van der Waals surface area contributed by atoms with Crippen LogP contribution in [0, 0.1) is 11.3 Å². The zero-order valence-electron chi connectivity index (χ0n) is 12.9. The van der Waals surface area contributed by atoms with Gasteiger partial charge < -0.3 is 10.1 Å². The van der Waals surface area contributed by atoms with Crippen LogP contribution in [0.2, 0.25) is 5.02 Å². The Morgan fingerprint density at radius 3 is 2.60 bits per heavy atom. The summed E-state index contributed by atoms with van der Waals surface area (Å²) in [6.07, 6.45) is 1.78. The van der Waals surface area contributed by atoms with Crippen LogP contribution < -0.4 is 10.1 Å². The van der Waals surface area contributed by atoms with Gasteiger partial charge in [0.2, 0.25) is 0 Å². The zero-order chi connectivity index (χ0) is 17.6. The van der Waals surface area contributed by atoms with Gasteiger partial charge in [-0.25, -0.2) is 4.99 Å². The molecule has 0 bridgehead atoms. The van der Waals surface area contributed by atoms with Crippen molar-refractivity contribution in [3.63, 3.8) is 0 Å². The van der Waals surface area contributed by atoms with Gasteiger partial charge in [0.15, 0.2) is 11.8 Å². The lowest BCUT2D eigenvalue weighted by Crippen LogP contribution is -2.19. The number of nitriles is 1. The molecule has 0 atom stereocenters. The van der Waals surface area contributed by atoms with E-state index in [2.05, 4.69) is 10.3 Å². The largest absolute Gasteiger partial charge is 0.479 e. The van der Waals surface area contributed by atoms with Crippen molar-refractivity contribution in [1.29, 1.82) is 5.26 Å². The number of benzene rings is 2. The summed E-state index contributed by atoms with van der Waals surface area (Å²) in [6, 6.07) is 16.1. The van der Waals surface area contributed by atoms with E-state index in [1.54, 1.807) is 42.5 Å². The van der Waals surface area contributed by atoms with Gasteiger partial charge in [-0.15, -0.1) is 0 Å². The van der Waals surface area contributed by atoms with Gasteiger partial charge in [-0.1, -0.05) is 23.7 Å². The molecule has 1 fully saturated rings. The van der Waals surface area contributed by atoms with Crippen molar-refractivity contribution in [3.8, 4) is 11.8 Å². The lowest BCUT2D eigenvalue weighted by atomic mass is 10.2. The minimum atomic E-state index is -0.192. The van der Waals surface area contributed by atoms with Crippen LogP contribution in [-0.2, 0) is 4.79 Å². The van der Waals surface area contributed by atoms with Gasteiger partial charge in [-0.05, 0) is 59.8 Å². The molecule has 1 aliphatic heterocycles. The minimum absolute atomic E-state index is 0.00319. The summed E-state index contributed by atoms with van der Waals surface area (Å²) in [5.74, 6) is 0.416. The van der Waals surface area contributed by atoms with Gasteiger partial charge in [-0.2, -0.15) is 5.26 Å². The first-order chi connectivity index (χ1) is 12.1. The number of amides is 1. The Hall–Kier alpha value is -2.75. The molecule has 1 saturated heterocycles. The summed E-state index contributed by atoms with van der Waals surface area (Å²) in [4.78, 5) is 17.0. The highest BCUT2D eigenvalue weighted by atomic mass is 35.5. The van der Waals surface area contributed by atoms with Crippen LogP contribution in [0.3, 0.4) is 0 Å². The topological polar surface area (TPSA) is 74.5 Å². The molecule has 0 saturated carbocycles. The molecule has 0 unspecified atom stereocenters. The highest BCUT2D eigenvalue weighted by Crippen LogP contribution is 2.28. The summed E-state index contributed by atoms with van der Waals surface area (Å²) in [6.45, 7) is 0.00319. The van der Waals surface area contributed by atoms with E-state index in [4.69, 9.17) is 21.6 Å². The first-order valence-electron chi connectivity index (χ1n) is 7.29. The molecule has 3 rings (SSSR count). The fraction of sp³-hybridized carbons (Fsp3) is 0.0556. The molecule has 0 spiro atoms. The number of carbonyl (C=O) groups excluding carboxylic acids is 1. The van der Waals surface area contributed by atoms with Crippen molar-refractivity contribution in [3.05, 3.63) is 64.0 Å². The smallest absolute Gasteiger partial charge is 0.264 e. The van der Waals surface area contributed by atoms with E-state index in [1.807, 2.05) is 18.2 Å². The van der Waals surface area contributed by atoms with E-state index < -0.39 is 0 Å². The average Bonchev–Trinajstić information content (AvgIpc) is 2.95. The molecule has 0 radical (unpaired) electrons. The van der Waals surface area contributed by atoms with E-state index in [1.165, 1.54) is 11.8 Å². The molecule has 0 aromatic heterocycles. The number of thioether (sulfide) groups is 1. The third-order valence-electron chi connectivity index (χ3n) is 3.19. The summed E-state index contributed by atoms with van der Waals surface area (Å²) < 4.78 is 5.20. The maximum Gasteiger partial charge on any atom is 0.264 e. The predicted octanol–water partition coefficient (Wildman–Crippen LogP) is 4.13. The van der Waals surface area contributed by atoms with Crippen LogP contribution in [0.5, 0.6) is 5.75 Å². The van der Waals surface area contributed by atoms with Crippen molar-refractivity contribution in [1.82, 2.24) is 5.32 Å². The third-order valence-corrected chi connectivity index (χ3v) is 4.35. The second kappa shape index (κ2) is 7.88. The Labute approximate surface area is 154 Å². The van der Waals surface area contributed by atoms with Gasteiger partial charge in [0.1, 0.15) is 11.8 Å². The normalized spacial score (nSPS) is 16.7. The predicted molar refractivity (Wildman–Crippen MR) is 99.8 cm³/mol. The fourth-order valence-electron chi connectivity index (χ4n) is 2.04. The SMILES string of the molecule is N#CCOc1ccc(/C=C2\SC(=Nc3ccc(Cl)cc3)NC2=O)cc1. The van der Waals surface area contributed by atoms with Gasteiger partial charge in [0.25, 0.3) is 5.91 Å². The summed E-state index contributed by atoms with van der Waals surface area (Å²) in [7, 11) is 0. The molecular formula is C18H12ClN3O2S. The lowest BCUT2D eigenvalue weighted by Gasteiger charge is -2.01. The highest BCUT2D eigenvalue weighted by molar-refractivity contribution is 8.18. The molecule has 25 heavy (non-hydrogen) atoms. The summed E-state index contributed by atoms with van der Waals surface area (Å²) in [5, 5.41) is 12.4. The molecule has 1 N–H and O–H groups in total. The van der Waals surface area contributed by atoms with Gasteiger partial charge in [0.05, 0.1) is 10.6 Å². The van der Waals surface area contributed by atoms with Gasteiger partial charge >= 0.3 is 0 Å². The van der Waals surface area contributed by atoms with Crippen LogP contribution >= 0.6 is 23.4 Å². The Morgan fingerprint density at radius 1 is 1.20 bits per heavy atom. The molecule has 124 valence electrons. The van der Waals surface area contributed by atoms with Crippen LogP contribution in [-0.4, -0.2) is 17.7 Å². The number of ether oxygens (including phenoxy) is 1. The van der Waals surface area contributed by atoms with Crippen LogP contribution in [0.25, 0.3) is 6.08 Å². The van der Waals surface area contributed by atoms with Crippen molar-refractivity contribution >= 4 is 46.2 Å². The summed E-state index contributed by atoms with van der Waals surface area (Å²) >= 11 is 7.12. The standard InChI is InChI=1S/C18H12ClN3O2S/c19-13-3-5-14(6-4-13)21-18-22-17(23)16(25-18)11-12-1-7-15(8-2-12)24-10-9-20/h1-8,11H,10H2,(H,21,22,23)/b16-11-. The second-order valence-corrected chi connectivity index (χ2v) is 6.44.